The number of para-hydroxylation sites is 1. The van der Waals surface area contributed by atoms with Crippen molar-refractivity contribution in [2.75, 3.05) is 0 Å². The molecule has 5 rings (SSSR count). The standard InChI is InChI=1S/C27H24N2O/c1-18-12-13-22-21-10-7-11-23(25(21)30-26(22)29-18)24-16-20(14-15-28-24)27(2,3)17-19-8-5-4-6-9-19/h4-16H,17H2,1-3H3/i1D3,17D2. The second-order valence-corrected chi connectivity index (χ2v) is 7.88. The van der Waals surface area contributed by atoms with Gasteiger partial charge < -0.3 is 4.42 Å². The Morgan fingerprint density at radius 1 is 0.967 bits per heavy atom. The molecule has 0 atom stereocenters. The van der Waals surface area contributed by atoms with E-state index in [0.29, 0.717) is 16.8 Å². The van der Waals surface area contributed by atoms with E-state index in [0.717, 1.165) is 21.9 Å². The van der Waals surface area contributed by atoms with E-state index in [2.05, 4.69) is 9.97 Å². The molecule has 2 aromatic carbocycles. The summed E-state index contributed by atoms with van der Waals surface area (Å²) in [6, 6.07) is 21.8. The molecule has 3 nitrogen and oxygen atoms in total. The normalized spacial score (nSPS) is 15.3. The van der Waals surface area contributed by atoms with Gasteiger partial charge in [-0.05, 0) is 60.1 Å². The molecule has 0 aliphatic heterocycles. The fourth-order valence-corrected chi connectivity index (χ4v) is 3.80. The summed E-state index contributed by atoms with van der Waals surface area (Å²) in [7, 11) is 0. The second kappa shape index (κ2) is 7.10. The van der Waals surface area contributed by atoms with Gasteiger partial charge in [-0.1, -0.05) is 56.3 Å². The van der Waals surface area contributed by atoms with Crippen LogP contribution in [0.3, 0.4) is 0 Å². The van der Waals surface area contributed by atoms with E-state index in [-0.39, 0.29) is 11.4 Å². The molecule has 148 valence electrons. The molecule has 3 heteroatoms. The van der Waals surface area contributed by atoms with Crippen molar-refractivity contribution in [3.63, 3.8) is 0 Å². The van der Waals surface area contributed by atoms with E-state index in [4.69, 9.17) is 11.3 Å². The molecule has 3 heterocycles. The van der Waals surface area contributed by atoms with E-state index in [9.17, 15) is 0 Å². The van der Waals surface area contributed by atoms with Crippen LogP contribution in [0.15, 0.2) is 83.4 Å². The second-order valence-electron chi connectivity index (χ2n) is 7.88. The highest BCUT2D eigenvalue weighted by Gasteiger charge is 2.23. The first kappa shape index (κ1) is 13.7. The van der Waals surface area contributed by atoms with Crippen molar-refractivity contribution in [1.29, 1.82) is 0 Å². The van der Waals surface area contributed by atoms with E-state index in [1.165, 1.54) is 6.07 Å². The lowest BCUT2D eigenvalue weighted by Crippen LogP contribution is -2.20. The highest BCUT2D eigenvalue weighted by Crippen LogP contribution is 2.36. The lowest BCUT2D eigenvalue weighted by Gasteiger charge is -2.26. The minimum absolute atomic E-state index is 0.0179. The largest absolute Gasteiger partial charge is 0.437 e. The molecule has 3 aromatic heterocycles. The average molecular weight is 398 g/mol. The minimum Gasteiger partial charge on any atom is -0.437 e. The summed E-state index contributed by atoms with van der Waals surface area (Å²) in [5, 5.41) is 1.54. The fourth-order valence-electron chi connectivity index (χ4n) is 3.80. The first-order valence-electron chi connectivity index (χ1n) is 12.4. The van der Waals surface area contributed by atoms with Crippen molar-refractivity contribution in [3.8, 4) is 11.3 Å². The van der Waals surface area contributed by atoms with Crippen molar-refractivity contribution in [1.82, 2.24) is 9.97 Å². The number of aryl methyl sites for hydroxylation is 1. The number of furan rings is 1. The number of hydrogen-bond donors (Lipinski definition) is 0. The van der Waals surface area contributed by atoms with Crippen LogP contribution in [0.25, 0.3) is 33.3 Å². The lowest BCUT2D eigenvalue weighted by atomic mass is 9.79. The maximum Gasteiger partial charge on any atom is 0.227 e. The third kappa shape index (κ3) is 3.26. The van der Waals surface area contributed by atoms with E-state index < -0.39 is 18.6 Å². The Bertz CT molecular complexity index is 1540. The molecule has 0 bridgehead atoms. The third-order valence-corrected chi connectivity index (χ3v) is 5.35. The molecule has 0 saturated carbocycles. The van der Waals surface area contributed by atoms with Crippen LogP contribution in [0.2, 0.25) is 0 Å². The summed E-state index contributed by atoms with van der Waals surface area (Å²) in [5.74, 6) is 0. The first-order chi connectivity index (χ1) is 16.5. The van der Waals surface area contributed by atoms with Gasteiger partial charge in [0.25, 0.3) is 0 Å². The quantitative estimate of drug-likeness (QED) is 0.332. The van der Waals surface area contributed by atoms with Crippen molar-refractivity contribution in [2.45, 2.75) is 32.5 Å². The Balaban J connectivity index is 1.63. The number of benzene rings is 2. The summed E-state index contributed by atoms with van der Waals surface area (Å²) in [5.41, 5.74) is 2.73. The van der Waals surface area contributed by atoms with Crippen LogP contribution < -0.4 is 0 Å². The fraction of sp³-hybridized carbons (Fsp3) is 0.185. The monoisotopic (exact) mass is 397 g/mol. The van der Waals surface area contributed by atoms with E-state index in [1.807, 2.05) is 62.4 Å². The number of aromatic nitrogens is 2. The molecule has 0 unspecified atom stereocenters. The topological polar surface area (TPSA) is 38.9 Å². The maximum atomic E-state index is 8.93. The molecule has 30 heavy (non-hydrogen) atoms. The summed E-state index contributed by atoms with van der Waals surface area (Å²) in [6.07, 6.45) is 0.0494. The van der Waals surface area contributed by atoms with Crippen molar-refractivity contribution < 1.29 is 11.3 Å². The SMILES string of the molecule is [2H]C([2H])([2H])c1ccc2c(n1)oc1c(-c3cc(C(C)(C)C([2H])([2H])c4ccccc4)ccn3)cccc12. The van der Waals surface area contributed by atoms with Gasteiger partial charge in [0.2, 0.25) is 5.71 Å². The molecule has 0 aliphatic rings. The summed E-state index contributed by atoms with van der Waals surface area (Å²) in [4.78, 5) is 8.80. The van der Waals surface area contributed by atoms with Crippen LogP contribution in [-0.4, -0.2) is 9.97 Å². The molecule has 5 aromatic rings. The maximum absolute atomic E-state index is 8.93. The van der Waals surface area contributed by atoms with Gasteiger partial charge in [0.15, 0.2) is 0 Å². The van der Waals surface area contributed by atoms with Gasteiger partial charge in [-0.15, -0.1) is 0 Å². The average Bonchev–Trinajstić information content (AvgIpc) is 3.22. The lowest BCUT2D eigenvalue weighted by molar-refractivity contribution is 0.522. The summed E-state index contributed by atoms with van der Waals surface area (Å²) < 4.78 is 46.9. The number of fused-ring (bicyclic) bond motifs is 3. The Kier molecular flexibility index (Phi) is 3.24. The summed E-state index contributed by atoms with van der Waals surface area (Å²) >= 11 is 0. The zero-order valence-corrected chi connectivity index (χ0v) is 16.8. The highest BCUT2D eigenvalue weighted by molar-refractivity contribution is 6.08. The molecule has 0 fully saturated rings. The predicted molar refractivity (Wildman–Crippen MR) is 123 cm³/mol. The van der Waals surface area contributed by atoms with Crippen LogP contribution in [-0.2, 0) is 11.8 Å². The molecule has 0 amide bonds. The Morgan fingerprint density at radius 2 is 1.83 bits per heavy atom. The molecular weight excluding hydrogens is 368 g/mol. The predicted octanol–water partition coefficient (Wildman–Crippen LogP) is 6.87. The number of rotatable bonds is 4. The zero-order valence-electron chi connectivity index (χ0n) is 21.8. The van der Waals surface area contributed by atoms with Crippen LogP contribution >= 0.6 is 0 Å². The Hall–Kier alpha value is -3.46. The van der Waals surface area contributed by atoms with Gasteiger partial charge in [0, 0.05) is 35.1 Å². The van der Waals surface area contributed by atoms with Gasteiger partial charge in [-0.25, -0.2) is 4.98 Å². The van der Waals surface area contributed by atoms with Crippen molar-refractivity contribution in [3.05, 3.63) is 95.8 Å². The molecule has 0 radical (unpaired) electrons. The van der Waals surface area contributed by atoms with Gasteiger partial charge in [-0.2, -0.15) is 0 Å². The molecule has 0 aliphatic carbocycles. The van der Waals surface area contributed by atoms with E-state index in [1.54, 1.807) is 24.4 Å². The number of hydrogen-bond acceptors (Lipinski definition) is 3. The van der Waals surface area contributed by atoms with Crippen LogP contribution in [0.4, 0.5) is 0 Å². The zero-order chi connectivity index (χ0) is 25.0. The molecule has 0 saturated heterocycles. The van der Waals surface area contributed by atoms with Gasteiger partial charge in [-0.3, -0.25) is 4.98 Å². The number of pyridine rings is 2. The van der Waals surface area contributed by atoms with Gasteiger partial charge >= 0.3 is 0 Å². The third-order valence-electron chi connectivity index (χ3n) is 5.35. The van der Waals surface area contributed by atoms with Gasteiger partial charge in [0.05, 0.1) is 5.69 Å². The van der Waals surface area contributed by atoms with Crippen LogP contribution in [0.5, 0.6) is 0 Å². The first-order valence-corrected chi connectivity index (χ1v) is 9.85. The smallest absolute Gasteiger partial charge is 0.227 e. The van der Waals surface area contributed by atoms with E-state index >= 15 is 0 Å². The molecule has 0 N–H and O–H groups in total. The number of nitrogens with zero attached hydrogens (tertiary/aromatic N) is 2. The highest BCUT2D eigenvalue weighted by atomic mass is 16.3. The minimum atomic E-state index is -2.32. The molecular formula is C27H24N2O. The van der Waals surface area contributed by atoms with Crippen LogP contribution in [0.1, 0.15) is 37.5 Å². The van der Waals surface area contributed by atoms with Crippen molar-refractivity contribution >= 4 is 22.1 Å². The Morgan fingerprint density at radius 3 is 2.67 bits per heavy atom. The molecule has 0 spiro atoms. The van der Waals surface area contributed by atoms with Crippen LogP contribution in [0, 0.1) is 6.85 Å². The summed E-state index contributed by atoms with van der Waals surface area (Å²) in [6.45, 7) is 1.46. The Labute approximate surface area is 183 Å². The van der Waals surface area contributed by atoms with Crippen molar-refractivity contribution in [2.24, 2.45) is 0 Å². The van der Waals surface area contributed by atoms with Gasteiger partial charge in [0.1, 0.15) is 5.58 Å².